The summed E-state index contributed by atoms with van der Waals surface area (Å²) in [6, 6.07) is 8.01. The van der Waals surface area contributed by atoms with Gasteiger partial charge in [0.15, 0.2) is 0 Å². The first kappa shape index (κ1) is 16.8. The predicted molar refractivity (Wildman–Crippen MR) is 95.6 cm³/mol. The molecule has 1 N–H and O–H groups in total. The van der Waals surface area contributed by atoms with Crippen molar-refractivity contribution in [1.82, 2.24) is 19.4 Å². The Morgan fingerprint density at radius 1 is 1.20 bits per heavy atom. The first-order valence-electron chi connectivity index (χ1n) is 8.68. The van der Waals surface area contributed by atoms with Crippen LogP contribution < -0.4 is 5.32 Å². The molecule has 0 spiro atoms. The summed E-state index contributed by atoms with van der Waals surface area (Å²) in [5.41, 5.74) is 2.94. The summed E-state index contributed by atoms with van der Waals surface area (Å²) in [4.78, 5) is 0.321. The number of fused-ring (bicyclic) bond motifs is 1. The van der Waals surface area contributed by atoms with E-state index in [2.05, 4.69) is 29.5 Å². The highest BCUT2D eigenvalue weighted by atomic mass is 32.2. The zero-order valence-corrected chi connectivity index (χ0v) is 15.6. The summed E-state index contributed by atoms with van der Waals surface area (Å²) in [6.45, 7) is 6.17. The average Bonchev–Trinajstić information content (AvgIpc) is 3.24. The smallest absolute Gasteiger partial charge is 0.247 e. The molecular formula is C18H24N4O2S. The quantitative estimate of drug-likeness (QED) is 0.903. The topological polar surface area (TPSA) is 67.2 Å². The molecule has 0 unspecified atom stereocenters. The molecule has 25 heavy (non-hydrogen) atoms. The van der Waals surface area contributed by atoms with Gasteiger partial charge in [-0.1, -0.05) is 24.3 Å². The van der Waals surface area contributed by atoms with Crippen molar-refractivity contribution in [3.05, 3.63) is 47.3 Å². The fourth-order valence-electron chi connectivity index (χ4n) is 4.29. The van der Waals surface area contributed by atoms with Gasteiger partial charge in [0.1, 0.15) is 4.90 Å². The molecule has 0 saturated carbocycles. The van der Waals surface area contributed by atoms with Gasteiger partial charge in [-0.2, -0.15) is 9.40 Å². The number of aryl methyl sites for hydroxylation is 2. The number of sulfonamides is 1. The van der Waals surface area contributed by atoms with Crippen LogP contribution in [0.2, 0.25) is 0 Å². The average molecular weight is 360 g/mol. The molecule has 2 aromatic rings. The minimum atomic E-state index is -3.58. The Balaban J connectivity index is 1.82. The minimum Gasteiger partial charge on any atom is -0.316 e. The lowest BCUT2D eigenvalue weighted by Gasteiger charge is -2.28. The highest BCUT2D eigenvalue weighted by molar-refractivity contribution is 7.89. The molecule has 0 radical (unpaired) electrons. The molecule has 0 amide bonds. The second kappa shape index (κ2) is 5.93. The molecule has 2 saturated heterocycles. The van der Waals surface area contributed by atoms with Gasteiger partial charge in [0.2, 0.25) is 10.0 Å². The maximum atomic E-state index is 13.4. The highest BCUT2D eigenvalue weighted by Gasteiger charge is 2.50. The van der Waals surface area contributed by atoms with E-state index in [9.17, 15) is 8.42 Å². The van der Waals surface area contributed by atoms with Crippen molar-refractivity contribution >= 4 is 10.0 Å². The van der Waals surface area contributed by atoms with Crippen LogP contribution in [0.4, 0.5) is 0 Å². The first-order valence-corrected chi connectivity index (χ1v) is 10.1. The summed E-state index contributed by atoms with van der Waals surface area (Å²) in [5.74, 6) is 0.671. The highest BCUT2D eigenvalue weighted by Crippen LogP contribution is 2.46. The lowest BCUT2D eigenvalue weighted by Crippen LogP contribution is -2.35. The summed E-state index contributed by atoms with van der Waals surface area (Å²) in [5, 5.41) is 7.57. The van der Waals surface area contributed by atoms with Crippen LogP contribution in [0.5, 0.6) is 0 Å². The number of nitrogens with one attached hydrogen (secondary N) is 1. The standard InChI is InChI=1S/C18H24N4O2S/c1-12-6-4-5-7-15(12)18-16-9-19-8-14(16)11-22(18)25(23,24)17-10-20-21(3)13(17)2/h4-7,10,14,16,18-19H,8-9,11H2,1-3H3/t14-,16-,18+/m0/s1. The maximum Gasteiger partial charge on any atom is 0.247 e. The van der Waals surface area contributed by atoms with Gasteiger partial charge in [-0.15, -0.1) is 0 Å². The van der Waals surface area contributed by atoms with Crippen molar-refractivity contribution in [2.75, 3.05) is 19.6 Å². The molecule has 6 nitrogen and oxygen atoms in total. The molecule has 134 valence electrons. The Hall–Kier alpha value is -1.70. The molecule has 1 aromatic heterocycles. The predicted octanol–water partition coefficient (Wildman–Crippen LogP) is 1.62. The van der Waals surface area contributed by atoms with Crippen LogP contribution in [0.25, 0.3) is 0 Å². The van der Waals surface area contributed by atoms with Crippen molar-refractivity contribution in [3.8, 4) is 0 Å². The largest absolute Gasteiger partial charge is 0.316 e. The Morgan fingerprint density at radius 2 is 1.96 bits per heavy atom. The van der Waals surface area contributed by atoms with Gasteiger partial charge in [0.05, 0.1) is 17.9 Å². The Morgan fingerprint density at radius 3 is 2.64 bits per heavy atom. The van der Waals surface area contributed by atoms with E-state index in [1.165, 1.54) is 6.20 Å². The summed E-state index contributed by atoms with van der Waals surface area (Å²) in [6.07, 6.45) is 1.48. The van der Waals surface area contributed by atoms with Crippen LogP contribution in [0, 0.1) is 25.7 Å². The minimum absolute atomic E-state index is 0.120. The van der Waals surface area contributed by atoms with Crippen LogP contribution in [0.3, 0.4) is 0 Å². The normalized spacial score (nSPS) is 26.9. The number of rotatable bonds is 3. The third-order valence-corrected chi connectivity index (χ3v) is 7.76. The molecule has 3 atom stereocenters. The number of hydrogen-bond donors (Lipinski definition) is 1. The van der Waals surface area contributed by atoms with Gasteiger partial charge in [0, 0.05) is 20.1 Å². The van der Waals surface area contributed by atoms with Gasteiger partial charge in [0.25, 0.3) is 0 Å². The summed E-state index contributed by atoms with van der Waals surface area (Å²) in [7, 11) is -1.81. The van der Waals surface area contributed by atoms with E-state index in [4.69, 9.17) is 0 Å². The van der Waals surface area contributed by atoms with Gasteiger partial charge < -0.3 is 5.32 Å². The number of aromatic nitrogens is 2. The van der Waals surface area contributed by atoms with Gasteiger partial charge in [-0.05, 0) is 43.4 Å². The SMILES string of the molecule is Cc1ccccc1[C@@H]1[C@H]2CNC[C@H]2CN1S(=O)(=O)c1cnn(C)c1C. The second-order valence-corrected chi connectivity index (χ2v) is 9.04. The van der Waals surface area contributed by atoms with Crippen LogP contribution >= 0.6 is 0 Å². The third kappa shape index (κ3) is 2.53. The third-order valence-electron chi connectivity index (χ3n) is 5.81. The van der Waals surface area contributed by atoms with Crippen molar-refractivity contribution in [3.63, 3.8) is 0 Å². The lowest BCUT2D eigenvalue weighted by molar-refractivity contribution is 0.344. The second-order valence-electron chi connectivity index (χ2n) is 7.18. The van der Waals surface area contributed by atoms with Crippen LogP contribution in [0.1, 0.15) is 22.9 Å². The molecule has 0 bridgehead atoms. The number of hydrogen-bond acceptors (Lipinski definition) is 4. The maximum absolute atomic E-state index is 13.4. The molecule has 3 heterocycles. The fraction of sp³-hybridized carbons (Fsp3) is 0.500. The first-order chi connectivity index (χ1) is 11.9. The molecule has 2 aliphatic rings. The Kier molecular flexibility index (Phi) is 3.97. The van der Waals surface area contributed by atoms with Crippen LogP contribution in [-0.2, 0) is 17.1 Å². The van der Waals surface area contributed by atoms with Gasteiger partial charge in [-0.25, -0.2) is 8.42 Å². The van der Waals surface area contributed by atoms with Crippen LogP contribution in [-0.4, -0.2) is 42.1 Å². The Bertz CT molecular complexity index is 906. The van der Waals surface area contributed by atoms with E-state index in [0.29, 0.717) is 29.0 Å². The molecule has 2 fully saturated rings. The molecule has 2 aliphatic heterocycles. The van der Waals surface area contributed by atoms with Crippen molar-refractivity contribution < 1.29 is 8.42 Å². The Labute approximate surface area is 148 Å². The van der Waals surface area contributed by atoms with E-state index >= 15 is 0 Å². The zero-order valence-electron chi connectivity index (χ0n) is 14.8. The van der Waals surface area contributed by atoms with E-state index in [-0.39, 0.29) is 6.04 Å². The summed E-state index contributed by atoms with van der Waals surface area (Å²) >= 11 is 0. The number of nitrogens with zero attached hydrogens (tertiary/aromatic N) is 3. The molecule has 7 heteroatoms. The molecular weight excluding hydrogens is 336 g/mol. The van der Waals surface area contributed by atoms with Gasteiger partial charge >= 0.3 is 0 Å². The van der Waals surface area contributed by atoms with Crippen molar-refractivity contribution in [1.29, 1.82) is 0 Å². The van der Waals surface area contributed by atoms with E-state index in [0.717, 1.165) is 24.2 Å². The fourth-order valence-corrected chi connectivity index (χ4v) is 6.19. The van der Waals surface area contributed by atoms with Crippen molar-refractivity contribution in [2.24, 2.45) is 18.9 Å². The van der Waals surface area contributed by atoms with E-state index in [1.807, 2.05) is 12.1 Å². The van der Waals surface area contributed by atoms with Gasteiger partial charge in [-0.3, -0.25) is 4.68 Å². The molecule has 0 aliphatic carbocycles. The molecule has 1 aromatic carbocycles. The van der Waals surface area contributed by atoms with Crippen molar-refractivity contribution in [2.45, 2.75) is 24.8 Å². The van der Waals surface area contributed by atoms with Crippen LogP contribution in [0.15, 0.2) is 35.4 Å². The molecule has 4 rings (SSSR count). The number of benzene rings is 1. The monoisotopic (exact) mass is 360 g/mol. The van der Waals surface area contributed by atoms with E-state index < -0.39 is 10.0 Å². The zero-order chi connectivity index (χ0) is 17.8. The lowest BCUT2D eigenvalue weighted by atomic mass is 9.88. The van der Waals surface area contributed by atoms with E-state index in [1.54, 1.807) is 23.0 Å². The summed E-state index contributed by atoms with van der Waals surface area (Å²) < 4.78 is 30.2.